The van der Waals surface area contributed by atoms with Gasteiger partial charge in [0.05, 0.1) is 0 Å². The van der Waals surface area contributed by atoms with Crippen molar-refractivity contribution in [3.63, 3.8) is 0 Å². The lowest BCUT2D eigenvalue weighted by atomic mass is 10.0. The first-order chi connectivity index (χ1) is 9.22. The average molecular weight is 301 g/mol. The van der Waals surface area contributed by atoms with E-state index in [4.69, 9.17) is 0 Å². The van der Waals surface area contributed by atoms with Gasteiger partial charge in [0, 0.05) is 0 Å². The van der Waals surface area contributed by atoms with Gasteiger partial charge in [-0.15, -0.1) is 11.8 Å². The number of allylic oxidation sites excluding steroid dienone is 2. The molecule has 0 unspecified atom stereocenters. The molecule has 0 fully saturated rings. The molecule has 0 bridgehead atoms. The van der Waals surface area contributed by atoms with E-state index in [0.29, 0.717) is 0 Å². The third-order valence-electron chi connectivity index (χ3n) is 3.57. The third kappa shape index (κ3) is 12.9. The maximum absolute atomic E-state index is 4.24. The highest BCUT2D eigenvalue weighted by Crippen LogP contribution is 2.23. The third-order valence-corrected chi connectivity index (χ3v) is 4.76. The molecule has 0 aromatic heterocycles. The Labute approximate surface area is 130 Å². The highest BCUT2D eigenvalue weighted by Gasteiger charge is 1.97. The highest BCUT2D eigenvalue weighted by molar-refractivity contribution is 8.05. The zero-order chi connectivity index (χ0) is 14.3. The Morgan fingerprint density at radius 2 is 1.37 bits per heavy atom. The summed E-state index contributed by atoms with van der Waals surface area (Å²) in [6.07, 6.45) is 13.7. The van der Waals surface area contributed by atoms with Gasteiger partial charge in [0.25, 0.3) is 0 Å². The van der Waals surface area contributed by atoms with E-state index in [1.165, 1.54) is 74.7 Å². The van der Waals surface area contributed by atoms with Crippen molar-refractivity contribution in [1.82, 2.24) is 0 Å². The van der Waals surface area contributed by atoms with Crippen LogP contribution in [-0.2, 0) is 0 Å². The van der Waals surface area contributed by atoms with Crippen LogP contribution in [0.25, 0.3) is 0 Å². The SMILES string of the molecule is C=CS/C(C)=C(\C)CCCCCCCCCCCS. The van der Waals surface area contributed by atoms with Crippen molar-refractivity contribution in [2.75, 3.05) is 5.75 Å². The molecule has 0 N–H and O–H groups in total. The Hall–Kier alpha value is 0.180. The smallest absolute Gasteiger partial charge is 0.00979 e. The first kappa shape index (κ1) is 19.2. The van der Waals surface area contributed by atoms with Gasteiger partial charge in [-0.3, -0.25) is 0 Å². The largest absolute Gasteiger partial charge is 0.179 e. The Balaban J connectivity index is 3.31. The van der Waals surface area contributed by atoms with Crippen LogP contribution in [0.4, 0.5) is 0 Å². The summed E-state index contributed by atoms with van der Waals surface area (Å²) in [5.41, 5.74) is 1.54. The molecule has 0 aromatic rings. The minimum absolute atomic E-state index is 1.05. The number of unbranched alkanes of at least 4 members (excludes halogenated alkanes) is 8. The molecule has 0 aliphatic heterocycles. The van der Waals surface area contributed by atoms with Gasteiger partial charge in [0.2, 0.25) is 0 Å². The predicted octanol–water partition coefficient (Wildman–Crippen LogP) is 6.99. The van der Waals surface area contributed by atoms with Gasteiger partial charge < -0.3 is 0 Å². The van der Waals surface area contributed by atoms with E-state index in [1.54, 1.807) is 11.8 Å². The molecular formula is C17H32S2. The molecule has 0 saturated heterocycles. The topological polar surface area (TPSA) is 0 Å². The molecule has 2 heteroatoms. The van der Waals surface area contributed by atoms with Crippen LogP contribution < -0.4 is 0 Å². The summed E-state index contributed by atoms with van der Waals surface area (Å²) in [6.45, 7) is 8.22. The number of rotatable bonds is 13. The monoisotopic (exact) mass is 300 g/mol. The lowest BCUT2D eigenvalue weighted by Crippen LogP contribution is -1.84. The summed E-state index contributed by atoms with van der Waals surface area (Å²) in [7, 11) is 0. The zero-order valence-corrected chi connectivity index (χ0v) is 14.6. The number of thiol groups is 1. The highest BCUT2D eigenvalue weighted by atomic mass is 32.2. The second-order valence-corrected chi connectivity index (χ2v) is 6.91. The molecule has 19 heavy (non-hydrogen) atoms. The van der Waals surface area contributed by atoms with Gasteiger partial charge in [0.15, 0.2) is 0 Å². The molecule has 0 rings (SSSR count). The maximum atomic E-state index is 4.24. The van der Waals surface area contributed by atoms with Crippen molar-refractivity contribution < 1.29 is 0 Å². The second-order valence-electron chi connectivity index (χ2n) is 5.28. The van der Waals surface area contributed by atoms with Crippen molar-refractivity contribution in [1.29, 1.82) is 0 Å². The van der Waals surface area contributed by atoms with Gasteiger partial charge in [0.1, 0.15) is 0 Å². The first-order valence-corrected chi connectivity index (χ1v) is 9.28. The molecule has 0 atom stereocenters. The van der Waals surface area contributed by atoms with Crippen molar-refractivity contribution in [3.8, 4) is 0 Å². The summed E-state index contributed by atoms with van der Waals surface area (Å²) >= 11 is 5.99. The van der Waals surface area contributed by atoms with E-state index >= 15 is 0 Å². The lowest BCUT2D eigenvalue weighted by Gasteiger charge is -2.06. The van der Waals surface area contributed by atoms with Crippen LogP contribution in [0.1, 0.15) is 78.1 Å². The Kier molecular flexibility index (Phi) is 14.7. The van der Waals surface area contributed by atoms with E-state index in [-0.39, 0.29) is 0 Å². The number of thioether (sulfide) groups is 1. The van der Waals surface area contributed by atoms with Crippen molar-refractivity contribution in [2.45, 2.75) is 78.1 Å². The minimum Gasteiger partial charge on any atom is -0.179 e. The first-order valence-electron chi connectivity index (χ1n) is 7.77. The summed E-state index contributed by atoms with van der Waals surface area (Å²) < 4.78 is 0. The van der Waals surface area contributed by atoms with Crippen LogP contribution in [0.15, 0.2) is 22.5 Å². The molecule has 0 nitrogen and oxygen atoms in total. The van der Waals surface area contributed by atoms with Gasteiger partial charge in [-0.25, -0.2) is 0 Å². The maximum Gasteiger partial charge on any atom is -0.00979 e. The average Bonchev–Trinajstić information content (AvgIpc) is 2.41. The normalized spacial score (nSPS) is 12.4. The summed E-state index contributed by atoms with van der Waals surface area (Å²) in [6, 6.07) is 0. The van der Waals surface area contributed by atoms with Crippen LogP contribution >= 0.6 is 24.4 Å². The van der Waals surface area contributed by atoms with Crippen LogP contribution in [0.2, 0.25) is 0 Å². The Morgan fingerprint density at radius 1 is 0.895 bits per heavy atom. The lowest BCUT2D eigenvalue weighted by molar-refractivity contribution is 0.565. The molecule has 0 amide bonds. The summed E-state index contributed by atoms with van der Waals surface area (Å²) in [4.78, 5) is 1.43. The fraction of sp³-hybridized carbons (Fsp3) is 0.765. The molecule has 0 radical (unpaired) electrons. The molecule has 0 aromatic carbocycles. The Bertz CT molecular complexity index is 244. The number of hydrogen-bond donors (Lipinski definition) is 1. The van der Waals surface area contributed by atoms with E-state index in [9.17, 15) is 0 Å². The quantitative estimate of drug-likeness (QED) is 0.282. The van der Waals surface area contributed by atoms with Gasteiger partial charge in [-0.1, -0.05) is 57.1 Å². The Morgan fingerprint density at radius 3 is 1.84 bits per heavy atom. The van der Waals surface area contributed by atoms with Gasteiger partial charge >= 0.3 is 0 Å². The van der Waals surface area contributed by atoms with Crippen molar-refractivity contribution in [2.24, 2.45) is 0 Å². The van der Waals surface area contributed by atoms with Crippen LogP contribution in [0, 0.1) is 0 Å². The molecule has 0 aliphatic rings. The minimum atomic E-state index is 1.05. The van der Waals surface area contributed by atoms with E-state index < -0.39 is 0 Å². The fourth-order valence-corrected chi connectivity index (χ4v) is 2.92. The molecule has 0 saturated carbocycles. The van der Waals surface area contributed by atoms with Crippen molar-refractivity contribution >= 4 is 24.4 Å². The fourth-order valence-electron chi connectivity index (χ4n) is 2.14. The predicted molar refractivity (Wildman–Crippen MR) is 96.2 cm³/mol. The summed E-state index contributed by atoms with van der Waals surface area (Å²) in [5.74, 6) is 1.05. The van der Waals surface area contributed by atoms with Gasteiger partial charge in [-0.05, 0) is 49.2 Å². The van der Waals surface area contributed by atoms with Crippen LogP contribution in [0.3, 0.4) is 0 Å². The van der Waals surface area contributed by atoms with Crippen LogP contribution in [0.5, 0.6) is 0 Å². The molecular weight excluding hydrogens is 268 g/mol. The van der Waals surface area contributed by atoms with E-state index in [0.717, 1.165) is 5.75 Å². The molecule has 0 spiro atoms. The van der Waals surface area contributed by atoms with E-state index in [2.05, 4.69) is 33.1 Å². The number of hydrogen-bond acceptors (Lipinski definition) is 2. The summed E-state index contributed by atoms with van der Waals surface area (Å²) in [5, 5.41) is 1.92. The zero-order valence-electron chi connectivity index (χ0n) is 12.9. The van der Waals surface area contributed by atoms with Crippen molar-refractivity contribution in [3.05, 3.63) is 22.5 Å². The van der Waals surface area contributed by atoms with Crippen LogP contribution in [-0.4, -0.2) is 5.75 Å². The molecule has 0 heterocycles. The van der Waals surface area contributed by atoms with Gasteiger partial charge in [-0.2, -0.15) is 12.6 Å². The molecule has 112 valence electrons. The molecule has 0 aliphatic carbocycles. The standard InChI is InChI=1S/C17H32S2/c1-4-19-17(3)16(2)14-12-10-8-6-5-7-9-11-13-15-18/h4,18H,1,5-15H2,2-3H3/b17-16+. The second kappa shape index (κ2) is 14.6. The van der Waals surface area contributed by atoms with E-state index in [1.807, 2.05) is 5.41 Å².